The van der Waals surface area contributed by atoms with Crippen LogP contribution in [0, 0.1) is 5.92 Å². The zero-order chi connectivity index (χ0) is 15.2. The highest BCUT2D eigenvalue weighted by molar-refractivity contribution is 9.10. The third-order valence-corrected chi connectivity index (χ3v) is 4.80. The molecule has 2 aromatic carbocycles. The second-order valence-electron chi connectivity index (χ2n) is 5.92. The van der Waals surface area contributed by atoms with Gasteiger partial charge in [-0.05, 0) is 46.9 Å². The summed E-state index contributed by atoms with van der Waals surface area (Å²) < 4.78 is 1.09. The molecule has 1 nitrogen and oxygen atoms in total. The van der Waals surface area contributed by atoms with E-state index in [2.05, 4.69) is 66.2 Å². The maximum atomic E-state index is 10.5. The van der Waals surface area contributed by atoms with Gasteiger partial charge in [0.05, 0.1) is 6.10 Å². The van der Waals surface area contributed by atoms with Crippen LogP contribution in [0.1, 0.15) is 57.6 Å². The van der Waals surface area contributed by atoms with Crippen molar-refractivity contribution in [2.24, 2.45) is 5.92 Å². The number of benzene rings is 2. The van der Waals surface area contributed by atoms with E-state index in [0.717, 1.165) is 22.9 Å². The molecule has 21 heavy (non-hydrogen) atoms. The van der Waals surface area contributed by atoms with Crippen molar-refractivity contribution in [3.05, 3.63) is 46.4 Å². The van der Waals surface area contributed by atoms with E-state index in [0.29, 0.717) is 5.92 Å². The molecule has 2 rings (SSSR count). The van der Waals surface area contributed by atoms with Crippen molar-refractivity contribution in [3.8, 4) is 0 Å². The number of fused-ring (bicyclic) bond motifs is 1. The smallest absolute Gasteiger partial charge is 0.0792 e. The molecule has 0 aromatic heterocycles. The molecule has 2 unspecified atom stereocenters. The summed E-state index contributed by atoms with van der Waals surface area (Å²) in [6, 6.07) is 12.6. The molecule has 0 aliphatic heterocycles. The van der Waals surface area contributed by atoms with Crippen LogP contribution >= 0.6 is 15.9 Å². The molecule has 1 N–H and O–H groups in total. The minimum Gasteiger partial charge on any atom is -0.388 e. The van der Waals surface area contributed by atoms with Crippen LogP contribution in [0.4, 0.5) is 0 Å². The molecule has 2 aromatic rings. The number of halogens is 1. The van der Waals surface area contributed by atoms with Gasteiger partial charge in [0.25, 0.3) is 0 Å². The van der Waals surface area contributed by atoms with Crippen molar-refractivity contribution in [2.45, 2.75) is 52.1 Å². The van der Waals surface area contributed by atoms with Crippen LogP contribution in [0.2, 0.25) is 0 Å². The third-order valence-electron chi connectivity index (χ3n) is 4.31. The number of aliphatic hydroxyl groups is 1. The Kier molecular flexibility index (Phi) is 6.25. The molecule has 0 fully saturated rings. The molecular weight excluding hydrogens is 324 g/mol. The van der Waals surface area contributed by atoms with Crippen molar-refractivity contribution in [1.82, 2.24) is 0 Å². The second kappa shape index (κ2) is 7.95. The minimum absolute atomic E-state index is 0.347. The van der Waals surface area contributed by atoms with Crippen LogP contribution in [0.3, 0.4) is 0 Å². The van der Waals surface area contributed by atoms with Gasteiger partial charge >= 0.3 is 0 Å². The molecule has 0 amide bonds. The van der Waals surface area contributed by atoms with E-state index in [1.807, 2.05) is 0 Å². The lowest BCUT2D eigenvalue weighted by molar-refractivity contribution is 0.139. The average molecular weight is 349 g/mol. The number of hydrogen-bond donors (Lipinski definition) is 1. The Labute approximate surface area is 136 Å². The molecule has 0 bridgehead atoms. The molecule has 114 valence electrons. The zero-order valence-corrected chi connectivity index (χ0v) is 14.6. The van der Waals surface area contributed by atoms with Crippen LogP contribution in [-0.2, 0) is 0 Å². The third kappa shape index (κ3) is 4.55. The Morgan fingerprint density at radius 3 is 2.48 bits per heavy atom. The predicted octanol–water partition coefficient (Wildman–Crippen LogP) is 6.24. The largest absolute Gasteiger partial charge is 0.388 e. The fourth-order valence-corrected chi connectivity index (χ4v) is 3.25. The first kappa shape index (κ1) is 16.5. The van der Waals surface area contributed by atoms with Crippen molar-refractivity contribution < 1.29 is 5.11 Å². The number of rotatable bonds is 7. The van der Waals surface area contributed by atoms with Gasteiger partial charge in [-0.15, -0.1) is 0 Å². The van der Waals surface area contributed by atoms with Crippen LogP contribution in [0.25, 0.3) is 10.8 Å². The summed E-state index contributed by atoms with van der Waals surface area (Å²) >= 11 is 3.50. The Balaban J connectivity index is 2.11. The molecule has 0 aliphatic rings. The molecule has 2 heteroatoms. The maximum Gasteiger partial charge on any atom is 0.0792 e. The summed E-state index contributed by atoms with van der Waals surface area (Å²) in [4.78, 5) is 0. The van der Waals surface area contributed by atoms with Gasteiger partial charge in [0, 0.05) is 4.47 Å². The quantitative estimate of drug-likeness (QED) is 0.627. The topological polar surface area (TPSA) is 20.2 Å². The van der Waals surface area contributed by atoms with Gasteiger partial charge in [0.15, 0.2) is 0 Å². The molecule has 0 saturated heterocycles. The van der Waals surface area contributed by atoms with Gasteiger partial charge in [0.1, 0.15) is 0 Å². The lowest BCUT2D eigenvalue weighted by Gasteiger charge is -2.19. The molecule has 0 aliphatic carbocycles. The minimum atomic E-state index is -0.347. The molecular formula is C19H25BrO. The summed E-state index contributed by atoms with van der Waals surface area (Å²) in [6.45, 7) is 4.45. The molecule has 0 radical (unpaired) electrons. The zero-order valence-electron chi connectivity index (χ0n) is 13.0. The summed E-state index contributed by atoms with van der Waals surface area (Å²) in [7, 11) is 0. The van der Waals surface area contributed by atoms with Crippen LogP contribution in [0.5, 0.6) is 0 Å². The van der Waals surface area contributed by atoms with E-state index < -0.39 is 0 Å². The van der Waals surface area contributed by atoms with E-state index in [4.69, 9.17) is 0 Å². The van der Waals surface area contributed by atoms with Gasteiger partial charge in [-0.25, -0.2) is 0 Å². The monoisotopic (exact) mass is 348 g/mol. The van der Waals surface area contributed by atoms with Gasteiger partial charge in [-0.1, -0.05) is 73.7 Å². The summed E-state index contributed by atoms with van der Waals surface area (Å²) in [5.41, 5.74) is 1.04. The summed E-state index contributed by atoms with van der Waals surface area (Å²) in [6.07, 6.45) is 5.40. The van der Waals surface area contributed by atoms with E-state index in [1.165, 1.54) is 30.0 Å². The standard InChI is InChI=1S/C19H25BrO/c1-3-5-6-14(4-2)11-19(21)17-8-7-16-13-18(20)10-9-15(16)12-17/h7-10,12-14,19,21H,3-6,11H2,1-2H3. The van der Waals surface area contributed by atoms with E-state index in [-0.39, 0.29) is 6.10 Å². The number of aliphatic hydroxyl groups excluding tert-OH is 1. The average Bonchev–Trinajstić information content (AvgIpc) is 2.50. The van der Waals surface area contributed by atoms with E-state index >= 15 is 0 Å². The Morgan fingerprint density at radius 1 is 1.05 bits per heavy atom. The first-order valence-corrected chi connectivity index (χ1v) is 8.80. The first-order valence-electron chi connectivity index (χ1n) is 8.01. The van der Waals surface area contributed by atoms with Gasteiger partial charge in [-0.2, -0.15) is 0 Å². The molecule has 0 heterocycles. The first-order chi connectivity index (χ1) is 10.1. The van der Waals surface area contributed by atoms with Crippen LogP contribution in [-0.4, -0.2) is 5.11 Å². The molecule has 0 saturated carbocycles. The SMILES string of the molecule is CCCCC(CC)CC(O)c1ccc2cc(Br)ccc2c1. The number of hydrogen-bond acceptors (Lipinski definition) is 1. The second-order valence-corrected chi connectivity index (χ2v) is 6.83. The predicted molar refractivity (Wildman–Crippen MR) is 94.5 cm³/mol. The highest BCUT2D eigenvalue weighted by Gasteiger charge is 2.14. The molecule has 2 atom stereocenters. The van der Waals surface area contributed by atoms with Crippen molar-refractivity contribution in [3.63, 3.8) is 0 Å². The Bertz CT molecular complexity index is 579. The maximum absolute atomic E-state index is 10.5. The Morgan fingerprint density at radius 2 is 1.76 bits per heavy atom. The van der Waals surface area contributed by atoms with Crippen LogP contribution in [0.15, 0.2) is 40.9 Å². The normalized spacial score (nSPS) is 14.3. The van der Waals surface area contributed by atoms with Crippen molar-refractivity contribution in [2.75, 3.05) is 0 Å². The van der Waals surface area contributed by atoms with Gasteiger partial charge in [0.2, 0.25) is 0 Å². The lowest BCUT2D eigenvalue weighted by atomic mass is 9.90. The van der Waals surface area contributed by atoms with Gasteiger partial charge in [-0.3, -0.25) is 0 Å². The summed E-state index contributed by atoms with van der Waals surface area (Å²) in [5, 5.41) is 12.9. The fourth-order valence-electron chi connectivity index (χ4n) is 2.88. The molecule has 0 spiro atoms. The van der Waals surface area contributed by atoms with Crippen LogP contribution < -0.4 is 0 Å². The van der Waals surface area contributed by atoms with E-state index in [1.54, 1.807) is 0 Å². The van der Waals surface area contributed by atoms with E-state index in [9.17, 15) is 5.11 Å². The van der Waals surface area contributed by atoms with Crippen molar-refractivity contribution >= 4 is 26.7 Å². The number of unbranched alkanes of at least 4 members (excludes halogenated alkanes) is 1. The van der Waals surface area contributed by atoms with Gasteiger partial charge < -0.3 is 5.11 Å². The van der Waals surface area contributed by atoms with Crippen molar-refractivity contribution in [1.29, 1.82) is 0 Å². The fraction of sp³-hybridized carbons (Fsp3) is 0.474. The summed E-state index contributed by atoms with van der Waals surface area (Å²) in [5.74, 6) is 0.626. The lowest BCUT2D eigenvalue weighted by Crippen LogP contribution is -2.07. The highest BCUT2D eigenvalue weighted by atomic mass is 79.9. The Hall–Kier alpha value is -0.860. The highest BCUT2D eigenvalue weighted by Crippen LogP contribution is 2.29.